The van der Waals surface area contributed by atoms with Crippen LogP contribution in [0.1, 0.15) is 0 Å². The molecule has 0 fully saturated rings. The molecular formula is C9H8ClFO2S. The molecule has 1 aromatic rings. The van der Waals surface area contributed by atoms with E-state index in [2.05, 4.69) is 0 Å². The van der Waals surface area contributed by atoms with Gasteiger partial charge in [0.15, 0.2) is 0 Å². The summed E-state index contributed by atoms with van der Waals surface area (Å²) >= 11 is 6.71. The van der Waals surface area contributed by atoms with Gasteiger partial charge in [-0.2, -0.15) is 0 Å². The van der Waals surface area contributed by atoms with E-state index in [9.17, 15) is 9.18 Å². The third kappa shape index (κ3) is 3.55. The van der Waals surface area contributed by atoms with Crippen molar-refractivity contribution in [3.63, 3.8) is 0 Å². The quantitative estimate of drug-likeness (QED) is 0.643. The van der Waals surface area contributed by atoms with Gasteiger partial charge >= 0.3 is 5.97 Å². The van der Waals surface area contributed by atoms with Crippen molar-refractivity contribution in [3.05, 3.63) is 30.1 Å². The first kappa shape index (κ1) is 11.3. The molecule has 0 bridgehead atoms. The third-order valence-electron chi connectivity index (χ3n) is 1.46. The number of alkyl halides is 1. The Kier molecular flexibility index (Phi) is 4.22. The second kappa shape index (κ2) is 5.22. The number of hydrogen-bond acceptors (Lipinski definition) is 2. The molecule has 0 aliphatic rings. The Balaban J connectivity index is 2.49. The van der Waals surface area contributed by atoms with Gasteiger partial charge in [0.1, 0.15) is 11.2 Å². The highest BCUT2D eigenvalue weighted by molar-refractivity contribution is 7.99. The lowest BCUT2D eigenvalue weighted by molar-refractivity contribution is -0.136. The Hall–Kier alpha value is -0.740. The number of thioether (sulfide) groups is 1. The zero-order valence-corrected chi connectivity index (χ0v) is 8.69. The Morgan fingerprint density at radius 2 is 2.36 bits per heavy atom. The van der Waals surface area contributed by atoms with Crippen molar-refractivity contribution in [2.75, 3.05) is 5.75 Å². The van der Waals surface area contributed by atoms with Crippen LogP contribution in [-0.2, 0) is 4.79 Å². The largest absolute Gasteiger partial charge is 0.480 e. The van der Waals surface area contributed by atoms with E-state index in [-0.39, 0.29) is 11.6 Å². The monoisotopic (exact) mass is 234 g/mol. The molecule has 1 N–H and O–H groups in total. The number of aliphatic carboxylic acids is 1. The first-order valence-electron chi connectivity index (χ1n) is 3.85. The predicted molar refractivity (Wildman–Crippen MR) is 54.4 cm³/mol. The molecule has 0 aliphatic carbocycles. The van der Waals surface area contributed by atoms with Crippen LogP contribution in [0.5, 0.6) is 0 Å². The van der Waals surface area contributed by atoms with Crippen LogP contribution in [0.15, 0.2) is 29.2 Å². The summed E-state index contributed by atoms with van der Waals surface area (Å²) in [5.41, 5.74) is 0. The SMILES string of the molecule is O=C(O)C(Cl)CSc1cccc(F)c1. The van der Waals surface area contributed by atoms with Crippen molar-refractivity contribution in [1.29, 1.82) is 0 Å². The van der Waals surface area contributed by atoms with Gasteiger partial charge in [-0.15, -0.1) is 23.4 Å². The van der Waals surface area contributed by atoms with E-state index in [1.54, 1.807) is 12.1 Å². The van der Waals surface area contributed by atoms with Gasteiger partial charge in [0.05, 0.1) is 0 Å². The molecule has 0 aliphatic heterocycles. The predicted octanol–water partition coefficient (Wildman–Crippen LogP) is 2.61. The van der Waals surface area contributed by atoms with E-state index in [4.69, 9.17) is 16.7 Å². The van der Waals surface area contributed by atoms with Crippen molar-refractivity contribution in [2.24, 2.45) is 0 Å². The maximum Gasteiger partial charge on any atom is 0.322 e. The molecule has 1 atom stereocenters. The van der Waals surface area contributed by atoms with Crippen molar-refractivity contribution >= 4 is 29.3 Å². The van der Waals surface area contributed by atoms with Gasteiger partial charge in [-0.25, -0.2) is 4.39 Å². The standard InChI is InChI=1S/C9H8ClFO2S/c10-8(9(12)13)5-14-7-3-1-2-6(11)4-7/h1-4,8H,5H2,(H,12,13). The minimum Gasteiger partial charge on any atom is -0.480 e. The summed E-state index contributed by atoms with van der Waals surface area (Å²) in [6.45, 7) is 0. The van der Waals surface area contributed by atoms with Crippen LogP contribution in [0.3, 0.4) is 0 Å². The van der Waals surface area contributed by atoms with Gasteiger partial charge in [-0.05, 0) is 18.2 Å². The van der Waals surface area contributed by atoms with E-state index < -0.39 is 11.3 Å². The Labute approximate surface area is 90.1 Å². The highest BCUT2D eigenvalue weighted by atomic mass is 35.5. The maximum atomic E-state index is 12.7. The molecule has 5 heteroatoms. The molecule has 0 saturated heterocycles. The molecule has 0 amide bonds. The van der Waals surface area contributed by atoms with Crippen LogP contribution < -0.4 is 0 Å². The number of benzene rings is 1. The van der Waals surface area contributed by atoms with Gasteiger partial charge in [0.25, 0.3) is 0 Å². The topological polar surface area (TPSA) is 37.3 Å². The van der Waals surface area contributed by atoms with Crippen molar-refractivity contribution < 1.29 is 14.3 Å². The lowest BCUT2D eigenvalue weighted by atomic mass is 10.4. The van der Waals surface area contributed by atoms with E-state index in [0.29, 0.717) is 4.90 Å². The lowest BCUT2D eigenvalue weighted by Gasteiger charge is -2.03. The Morgan fingerprint density at radius 1 is 1.64 bits per heavy atom. The van der Waals surface area contributed by atoms with Crippen molar-refractivity contribution in [3.8, 4) is 0 Å². The zero-order valence-electron chi connectivity index (χ0n) is 7.11. The summed E-state index contributed by atoms with van der Waals surface area (Å²) in [5, 5.41) is 7.55. The van der Waals surface area contributed by atoms with Gasteiger partial charge in [-0.3, -0.25) is 4.79 Å². The minimum absolute atomic E-state index is 0.223. The normalized spacial score (nSPS) is 12.4. The van der Waals surface area contributed by atoms with Crippen LogP contribution in [0.2, 0.25) is 0 Å². The van der Waals surface area contributed by atoms with Crippen molar-refractivity contribution in [1.82, 2.24) is 0 Å². The Bertz CT molecular complexity index is 332. The summed E-state index contributed by atoms with van der Waals surface area (Å²) in [6, 6.07) is 5.95. The molecular weight excluding hydrogens is 227 g/mol. The summed E-state index contributed by atoms with van der Waals surface area (Å²) in [6.07, 6.45) is 0. The number of halogens is 2. The molecule has 0 aromatic heterocycles. The summed E-state index contributed by atoms with van der Waals surface area (Å²) < 4.78 is 12.7. The highest BCUT2D eigenvalue weighted by Crippen LogP contribution is 2.20. The van der Waals surface area contributed by atoms with Gasteiger partial charge in [0, 0.05) is 10.6 Å². The molecule has 76 valence electrons. The molecule has 1 aromatic carbocycles. The highest BCUT2D eigenvalue weighted by Gasteiger charge is 2.13. The van der Waals surface area contributed by atoms with E-state index in [0.717, 1.165) is 0 Å². The first-order chi connectivity index (χ1) is 6.59. The van der Waals surface area contributed by atoms with Crippen LogP contribution in [0.25, 0.3) is 0 Å². The average Bonchev–Trinajstić information content (AvgIpc) is 2.14. The number of carboxylic acids is 1. The van der Waals surface area contributed by atoms with Crippen molar-refractivity contribution in [2.45, 2.75) is 10.3 Å². The van der Waals surface area contributed by atoms with E-state index in [1.807, 2.05) is 0 Å². The number of hydrogen-bond donors (Lipinski definition) is 1. The molecule has 1 rings (SSSR count). The maximum absolute atomic E-state index is 12.7. The fraction of sp³-hybridized carbons (Fsp3) is 0.222. The fourth-order valence-electron chi connectivity index (χ4n) is 0.797. The summed E-state index contributed by atoms with van der Waals surface area (Å²) in [7, 11) is 0. The molecule has 14 heavy (non-hydrogen) atoms. The molecule has 0 saturated carbocycles. The molecule has 2 nitrogen and oxygen atoms in total. The smallest absolute Gasteiger partial charge is 0.322 e. The minimum atomic E-state index is -1.06. The first-order valence-corrected chi connectivity index (χ1v) is 5.27. The van der Waals surface area contributed by atoms with E-state index in [1.165, 1.54) is 23.9 Å². The van der Waals surface area contributed by atoms with Crippen LogP contribution in [-0.4, -0.2) is 22.2 Å². The fourth-order valence-corrected chi connectivity index (χ4v) is 1.84. The summed E-state index contributed by atoms with van der Waals surface area (Å²) in [5.74, 6) is -1.17. The van der Waals surface area contributed by atoms with Gasteiger partial charge in [0.2, 0.25) is 0 Å². The Morgan fingerprint density at radius 3 is 2.93 bits per heavy atom. The third-order valence-corrected chi connectivity index (χ3v) is 3.07. The van der Waals surface area contributed by atoms with Crippen LogP contribution >= 0.6 is 23.4 Å². The average molecular weight is 235 g/mol. The molecule has 1 unspecified atom stereocenters. The number of carboxylic acid groups (broad SMARTS) is 1. The van der Waals surface area contributed by atoms with Crippen LogP contribution in [0.4, 0.5) is 4.39 Å². The second-order valence-corrected chi connectivity index (χ2v) is 4.19. The molecule has 0 radical (unpaired) electrons. The summed E-state index contributed by atoms with van der Waals surface area (Å²) in [4.78, 5) is 11.0. The van der Waals surface area contributed by atoms with Gasteiger partial charge < -0.3 is 5.11 Å². The molecule has 0 spiro atoms. The lowest BCUT2D eigenvalue weighted by Crippen LogP contribution is -2.15. The second-order valence-electron chi connectivity index (χ2n) is 2.57. The number of rotatable bonds is 4. The zero-order chi connectivity index (χ0) is 10.6. The number of carbonyl (C=O) groups is 1. The van der Waals surface area contributed by atoms with Crippen LogP contribution in [0, 0.1) is 5.82 Å². The molecule has 0 heterocycles. The van der Waals surface area contributed by atoms with E-state index >= 15 is 0 Å². The van der Waals surface area contributed by atoms with Gasteiger partial charge in [-0.1, -0.05) is 6.07 Å².